The van der Waals surface area contributed by atoms with Gasteiger partial charge in [-0.15, -0.1) is 0 Å². The number of anilines is 2. The molecule has 1 atom stereocenters. The summed E-state index contributed by atoms with van der Waals surface area (Å²) in [5, 5.41) is 2.57. The van der Waals surface area contributed by atoms with Crippen LogP contribution in [-0.4, -0.2) is 56.1 Å². The third-order valence-corrected chi connectivity index (χ3v) is 3.22. The van der Waals surface area contributed by atoms with Gasteiger partial charge in [0, 0.05) is 19.3 Å². The molecule has 2 heterocycles. The van der Waals surface area contributed by atoms with Crippen LogP contribution in [0, 0.1) is 0 Å². The van der Waals surface area contributed by atoms with Crippen LogP contribution in [0.3, 0.4) is 0 Å². The van der Waals surface area contributed by atoms with Gasteiger partial charge >= 0.3 is 6.18 Å². The Morgan fingerprint density at radius 1 is 1.48 bits per heavy atom. The average molecular weight is 333 g/mol. The lowest BCUT2D eigenvalue weighted by molar-refractivity contribution is -0.184. The molecule has 128 valence electrons. The molecule has 0 radical (unpaired) electrons. The molecule has 23 heavy (non-hydrogen) atoms. The highest BCUT2D eigenvalue weighted by atomic mass is 19.4. The van der Waals surface area contributed by atoms with E-state index in [2.05, 4.69) is 15.0 Å². The molecule has 9 heteroatoms. The second kappa shape index (κ2) is 7.60. The number of carbonyl (C=O) groups is 1. The fourth-order valence-corrected chi connectivity index (χ4v) is 2.05. The second-order valence-corrected chi connectivity index (χ2v) is 5.03. The van der Waals surface area contributed by atoms with Gasteiger partial charge in [0.05, 0.1) is 18.9 Å². The molecule has 1 amide bonds. The van der Waals surface area contributed by atoms with Gasteiger partial charge in [0.2, 0.25) is 0 Å². The molecule has 0 aromatic carbocycles. The Labute approximate surface area is 131 Å². The Balaban J connectivity index is 2.00. The Morgan fingerprint density at radius 2 is 2.17 bits per heavy atom. The van der Waals surface area contributed by atoms with Gasteiger partial charge in [-0.2, -0.15) is 13.2 Å². The van der Waals surface area contributed by atoms with E-state index in [1.54, 1.807) is 18.3 Å². The monoisotopic (exact) mass is 333 g/mol. The summed E-state index contributed by atoms with van der Waals surface area (Å²) >= 11 is 0. The number of aromatic nitrogens is 1. The van der Waals surface area contributed by atoms with Crippen LogP contribution in [0.5, 0.6) is 0 Å². The van der Waals surface area contributed by atoms with Crippen LogP contribution in [0.2, 0.25) is 0 Å². The molecule has 1 saturated heterocycles. The first-order chi connectivity index (χ1) is 10.9. The van der Waals surface area contributed by atoms with E-state index in [1.165, 1.54) is 6.92 Å². The number of amides is 1. The number of alkyl halides is 3. The van der Waals surface area contributed by atoms with Crippen molar-refractivity contribution < 1.29 is 27.4 Å². The quantitative estimate of drug-likeness (QED) is 0.891. The molecule has 1 aromatic rings. The van der Waals surface area contributed by atoms with Gasteiger partial charge in [-0.25, -0.2) is 4.98 Å². The SMILES string of the molecule is CC(OCC(F)(F)F)C(=O)Nc1cccnc1N1CCOCC1. The molecule has 1 aromatic heterocycles. The first-order valence-electron chi connectivity index (χ1n) is 7.14. The van der Waals surface area contributed by atoms with Crippen molar-refractivity contribution in [3.05, 3.63) is 18.3 Å². The number of ether oxygens (including phenoxy) is 2. The largest absolute Gasteiger partial charge is 0.411 e. The summed E-state index contributed by atoms with van der Waals surface area (Å²) in [5.41, 5.74) is 0.432. The zero-order chi connectivity index (χ0) is 16.9. The minimum Gasteiger partial charge on any atom is -0.378 e. The molecule has 0 aliphatic carbocycles. The number of morpholine rings is 1. The van der Waals surface area contributed by atoms with Crippen molar-refractivity contribution in [2.24, 2.45) is 0 Å². The molecule has 2 rings (SSSR count). The van der Waals surface area contributed by atoms with Crippen molar-refractivity contribution in [2.75, 3.05) is 43.1 Å². The van der Waals surface area contributed by atoms with E-state index in [4.69, 9.17) is 4.74 Å². The molecule has 0 bridgehead atoms. The van der Waals surface area contributed by atoms with E-state index in [-0.39, 0.29) is 0 Å². The van der Waals surface area contributed by atoms with E-state index in [0.717, 1.165) is 0 Å². The average Bonchev–Trinajstić information content (AvgIpc) is 2.53. The Bertz CT molecular complexity index is 533. The molecule has 1 unspecified atom stereocenters. The maximum atomic E-state index is 12.1. The molecule has 0 saturated carbocycles. The fourth-order valence-electron chi connectivity index (χ4n) is 2.05. The van der Waals surface area contributed by atoms with Crippen molar-refractivity contribution in [2.45, 2.75) is 19.2 Å². The fraction of sp³-hybridized carbons (Fsp3) is 0.571. The van der Waals surface area contributed by atoms with Crippen molar-refractivity contribution in [3.8, 4) is 0 Å². The number of rotatable bonds is 5. The third-order valence-electron chi connectivity index (χ3n) is 3.22. The summed E-state index contributed by atoms with van der Waals surface area (Å²) in [6.45, 7) is 2.15. The molecular weight excluding hydrogens is 315 g/mol. The minimum absolute atomic E-state index is 0.432. The number of halogens is 3. The highest BCUT2D eigenvalue weighted by Crippen LogP contribution is 2.24. The summed E-state index contributed by atoms with van der Waals surface area (Å²) in [5.74, 6) is -0.0936. The van der Waals surface area contributed by atoms with Gasteiger partial charge in [-0.3, -0.25) is 4.79 Å². The number of hydrogen-bond donors (Lipinski definition) is 1. The minimum atomic E-state index is -4.47. The number of nitrogens with one attached hydrogen (secondary N) is 1. The molecule has 1 aliphatic heterocycles. The molecular formula is C14H18F3N3O3. The number of hydrogen-bond acceptors (Lipinski definition) is 5. The third kappa shape index (κ3) is 5.36. The zero-order valence-corrected chi connectivity index (χ0v) is 12.6. The van der Waals surface area contributed by atoms with Crippen LogP contribution in [0.25, 0.3) is 0 Å². The highest BCUT2D eigenvalue weighted by molar-refractivity contribution is 5.96. The van der Waals surface area contributed by atoms with Crippen molar-refractivity contribution in [1.82, 2.24) is 4.98 Å². The Morgan fingerprint density at radius 3 is 2.83 bits per heavy atom. The molecule has 6 nitrogen and oxygen atoms in total. The van der Waals surface area contributed by atoms with Crippen molar-refractivity contribution in [3.63, 3.8) is 0 Å². The van der Waals surface area contributed by atoms with E-state index in [9.17, 15) is 18.0 Å². The Hall–Kier alpha value is -1.87. The van der Waals surface area contributed by atoms with Gasteiger partial charge in [0.1, 0.15) is 12.7 Å². The van der Waals surface area contributed by atoms with E-state index in [0.29, 0.717) is 37.8 Å². The lowest BCUT2D eigenvalue weighted by Gasteiger charge is -2.29. The maximum absolute atomic E-state index is 12.1. The summed E-state index contributed by atoms with van der Waals surface area (Å²) in [6.07, 6.45) is -4.11. The van der Waals surface area contributed by atoms with Crippen molar-refractivity contribution >= 4 is 17.4 Å². The van der Waals surface area contributed by atoms with E-state index in [1.807, 2.05) is 4.90 Å². The highest BCUT2D eigenvalue weighted by Gasteiger charge is 2.30. The maximum Gasteiger partial charge on any atom is 0.411 e. The second-order valence-electron chi connectivity index (χ2n) is 5.03. The van der Waals surface area contributed by atoms with Crippen LogP contribution >= 0.6 is 0 Å². The molecule has 1 fully saturated rings. The summed E-state index contributed by atoms with van der Waals surface area (Å²) in [7, 11) is 0. The van der Waals surface area contributed by atoms with Crippen molar-refractivity contribution in [1.29, 1.82) is 0 Å². The van der Waals surface area contributed by atoms with Gasteiger partial charge in [-0.05, 0) is 19.1 Å². The van der Waals surface area contributed by atoms with Gasteiger partial charge in [-0.1, -0.05) is 0 Å². The van der Waals surface area contributed by atoms with Crippen LogP contribution in [0.1, 0.15) is 6.92 Å². The zero-order valence-electron chi connectivity index (χ0n) is 12.6. The summed E-state index contributed by atoms with van der Waals surface area (Å²) in [4.78, 5) is 18.2. The number of nitrogens with zero attached hydrogens (tertiary/aromatic N) is 2. The van der Waals surface area contributed by atoms with E-state index < -0.39 is 24.8 Å². The van der Waals surface area contributed by atoms with Crippen LogP contribution in [0.4, 0.5) is 24.7 Å². The predicted molar refractivity (Wildman–Crippen MR) is 77.4 cm³/mol. The first-order valence-corrected chi connectivity index (χ1v) is 7.14. The number of carbonyl (C=O) groups excluding carboxylic acids is 1. The molecule has 1 N–H and O–H groups in total. The lowest BCUT2D eigenvalue weighted by atomic mass is 10.3. The van der Waals surface area contributed by atoms with Crippen LogP contribution in [0.15, 0.2) is 18.3 Å². The van der Waals surface area contributed by atoms with E-state index >= 15 is 0 Å². The molecule has 0 spiro atoms. The summed E-state index contributed by atoms with van der Waals surface area (Å²) < 4.78 is 46.2. The predicted octanol–water partition coefficient (Wildman–Crippen LogP) is 1.82. The normalized spacial score (nSPS) is 17.0. The Kier molecular flexibility index (Phi) is 5.78. The standard InChI is InChI=1S/C14H18F3N3O3/c1-10(23-9-14(15,16)17)13(21)19-11-3-2-4-18-12(11)20-5-7-22-8-6-20/h2-4,10H,5-9H2,1H3,(H,19,21). The van der Waals surface area contributed by atoms with Gasteiger partial charge in [0.25, 0.3) is 5.91 Å². The lowest BCUT2D eigenvalue weighted by Crippen LogP contribution is -2.38. The smallest absolute Gasteiger partial charge is 0.378 e. The summed E-state index contributed by atoms with van der Waals surface area (Å²) in [6, 6.07) is 3.28. The van der Waals surface area contributed by atoms with Gasteiger partial charge in [0.15, 0.2) is 5.82 Å². The topological polar surface area (TPSA) is 63.7 Å². The first kappa shape index (κ1) is 17.5. The molecule has 1 aliphatic rings. The van der Waals surface area contributed by atoms with Crippen LogP contribution in [-0.2, 0) is 14.3 Å². The number of pyridine rings is 1. The van der Waals surface area contributed by atoms with Crippen LogP contribution < -0.4 is 10.2 Å². The van der Waals surface area contributed by atoms with Gasteiger partial charge < -0.3 is 19.7 Å².